The van der Waals surface area contributed by atoms with E-state index >= 15 is 0 Å². The highest BCUT2D eigenvalue weighted by atomic mass is 32.1. The predicted octanol–water partition coefficient (Wildman–Crippen LogP) is 2.62. The number of hydrogen-bond donors (Lipinski definition) is 1. The Balaban J connectivity index is 1.79. The van der Waals surface area contributed by atoms with Gasteiger partial charge in [0.25, 0.3) is 5.91 Å². The summed E-state index contributed by atoms with van der Waals surface area (Å²) in [6.07, 6.45) is 3.87. The number of hydrogen-bond acceptors (Lipinski definition) is 5. The number of amides is 1. The van der Waals surface area contributed by atoms with Crippen LogP contribution < -0.4 is 5.32 Å². The van der Waals surface area contributed by atoms with E-state index in [4.69, 9.17) is 4.74 Å². The molecule has 22 heavy (non-hydrogen) atoms. The van der Waals surface area contributed by atoms with E-state index in [1.54, 1.807) is 6.92 Å². The van der Waals surface area contributed by atoms with Crippen molar-refractivity contribution >= 4 is 23.2 Å². The molecule has 0 bridgehead atoms. The number of aromatic nitrogens is 1. The molecule has 1 heterocycles. The number of thiazole rings is 1. The summed E-state index contributed by atoms with van der Waals surface area (Å²) in [4.78, 5) is 28.2. The van der Waals surface area contributed by atoms with Crippen LogP contribution in [0.5, 0.6) is 0 Å². The maximum absolute atomic E-state index is 12.1. The van der Waals surface area contributed by atoms with Crippen molar-refractivity contribution < 1.29 is 14.3 Å². The zero-order chi connectivity index (χ0) is 16.1. The fraction of sp³-hybridized carbons (Fsp3) is 0.688. The first-order valence-electron chi connectivity index (χ1n) is 7.86. The minimum atomic E-state index is -0.763. The second-order valence-corrected chi connectivity index (χ2v) is 7.11. The fourth-order valence-electron chi connectivity index (χ4n) is 2.76. The Kier molecular flexibility index (Phi) is 5.94. The third-order valence-electron chi connectivity index (χ3n) is 4.11. The second-order valence-electron chi connectivity index (χ2n) is 6.04. The van der Waals surface area contributed by atoms with E-state index in [-0.39, 0.29) is 18.4 Å². The van der Waals surface area contributed by atoms with Gasteiger partial charge in [0, 0.05) is 11.4 Å². The van der Waals surface area contributed by atoms with Gasteiger partial charge >= 0.3 is 5.97 Å². The van der Waals surface area contributed by atoms with Gasteiger partial charge in [0.1, 0.15) is 0 Å². The lowest BCUT2D eigenvalue weighted by Gasteiger charge is -2.30. The normalized spacial score (nSPS) is 22.9. The minimum Gasteiger partial charge on any atom is -0.452 e. The molecule has 5 nitrogen and oxygen atoms in total. The highest BCUT2D eigenvalue weighted by molar-refractivity contribution is 7.09. The summed E-state index contributed by atoms with van der Waals surface area (Å²) in [5.41, 5.74) is 0.695. The van der Waals surface area contributed by atoms with Crippen LogP contribution in [0.2, 0.25) is 0 Å². The molecule has 1 saturated carbocycles. The van der Waals surface area contributed by atoms with E-state index in [9.17, 15) is 9.59 Å². The van der Waals surface area contributed by atoms with Crippen LogP contribution in [0.3, 0.4) is 0 Å². The molecule has 3 atom stereocenters. The van der Waals surface area contributed by atoms with E-state index in [1.165, 1.54) is 17.8 Å². The monoisotopic (exact) mass is 324 g/mol. The molecule has 1 aromatic rings. The average Bonchev–Trinajstić information content (AvgIpc) is 2.86. The molecule has 1 aromatic heterocycles. The third-order valence-corrected chi connectivity index (χ3v) is 4.93. The first-order valence-corrected chi connectivity index (χ1v) is 8.74. The van der Waals surface area contributed by atoms with Gasteiger partial charge in [0.05, 0.1) is 17.1 Å². The smallest absolute Gasteiger partial charge is 0.312 e. The van der Waals surface area contributed by atoms with Crippen molar-refractivity contribution in [3.63, 3.8) is 0 Å². The van der Waals surface area contributed by atoms with E-state index in [0.29, 0.717) is 11.6 Å². The Labute approximate surface area is 135 Å². The number of ether oxygens (including phenoxy) is 1. The van der Waals surface area contributed by atoms with Crippen LogP contribution in [0.4, 0.5) is 0 Å². The Morgan fingerprint density at radius 1 is 1.45 bits per heavy atom. The van der Waals surface area contributed by atoms with Gasteiger partial charge in [-0.05, 0) is 32.6 Å². The maximum Gasteiger partial charge on any atom is 0.312 e. The first-order chi connectivity index (χ1) is 10.5. The first kappa shape index (κ1) is 16.9. The molecule has 2 rings (SSSR count). The van der Waals surface area contributed by atoms with Crippen molar-refractivity contribution in [2.24, 2.45) is 5.92 Å². The summed E-state index contributed by atoms with van der Waals surface area (Å²) in [5, 5.41) is 5.77. The van der Waals surface area contributed by atoms with Gasteiger partial charge in [0.15, 0.2) is 6.10 Å². The number of nitrogens with zero attached hydrogens (tertiary/aromatic N) is 1. The van der Waals surface area contributed by atoms with Crippen molar-refractivity contribution in [2.75, 3.05) is 0 Å². The van der Waals surface area contributed by atoms with Crippen molar-refractivity contribution in [3.05, 3.63) is 16.1 Å². The average molecular weight is 324 g/mol. The predicted molar refractivity (Wildman–Crippen MR) is 85.7 cm³/mol. The molecular weight excluding hydrogens is 300 g/mol. The summed E-state index contributed by atoms with van der Waals surface area (Å²) in [7, 11) is 0. The molecule has 0 spiro atoms. The quantitative estimate of drug-likeness (QED) is 0.845. The zero-order valence-corrected chi connectivity index (χ0v) is 14.2. The van der Waals surface area contributed by atoms with Gasteiger partial charge < -0.3 is 10.1 Å². The lowest BCUT2D eigenvalue weighted by Crippen LogP contribution is -2.46. The molecule has 1 aliphatic rings. The molecule has 1 fully saturated rings. The topological polar surface area (TPSA) is 68.3 Å². The summed E-state index contributed by atoms with van der Waals surface area (Å²) in [5.74, 6) is -0.134. The molecule has 1 aliphatic carbocycles. The molecule has 3 unspecified atom stereocenters. The number of esters is 1. The Morgan fingerprint density at radius 3 is 2.82 bits per heavy atom. The highest BCUT2D eigenvalue weighted by Crippen LogP contribution is 2.23. The molecule has 0 aliphatic heterocycles. The van der Waals surface area contributed by atoms with Gasteiger partial charge in [0.2, 0.25) is 0 Å². The Bertz CT molecular complexity index is 529. The lowest BCUT2D eigenvalue weighted by molar-refractivity contribution is -0.154. The number of aryl methyl sites for hydroxylation is 1. The molecule has 6 heteroatoms. The van der Waals surface area contributed by atoms with Crippen LogP contribution in [-0.2, 0) is 20.7 Å². The van der Waals surface area contributed by atoms with Crippen LogP contribution >= 0.6 is 11.3 Å². The highest BCUT2D eigenvalue weighted by Gasteiger charge is 2.26. The molecule has 0 radical (unpaired) electrons. The third kappa shape index (κ3) is 4.80. The Morgan fingerprint density at radius 2 is 2.18 bits per heavy atom. The van der Waals surface area contributed by atoms with Gasteiger partial charge in [-0.2, -0.15) is 0 Å². The van der Waals surface area contributed by atoms with Crippen molar-refractivity contribution in [1.82, 2.24) is 10.3 Å². The van der Waals surface area contributed by atoms with Crippen molar-refractivity contribution in [2.45, 2.75) is 65.0 Å². The number of rotatable bonds is 5. The van der Waals surface area contributed by atoms with Crippen molar-refractivity contribution in [3.8, 4) is 0 Å². The molecule has 1 amide bonds. The van der Waals surface area contributed by atoms with Crippen LogP contribution in [0.1, 0.15) is 50.2 Å². The zero-order valence-electron chi connectivity index (χ0n) is 13.4. The van der Waals surface area contributed by atoms with Crippen LogP contribution in [0.25, 0.3) is 0 Å². The van der Waals surface area contributed by atoms with Gasteiger partial charge in [-0.25, -0.2) is 4.98 Å². The van der Waals surface area contributed by atoms with Gasteiger partial charge in [-0.15, -0.1) is 11.3 Å². The molecular formula is C16H24N2O3S. The van der Waals surface area contributed by atoms with Crippen molar-refractivity contribution in [1.29, 1.82) is 0 Å². The van der Waals surface area contributed by atoms with Gasteiger partial charge in [-0.1, -0.05) is 19.8 Å². The summed E-state index contributed by atoms with van der Waals surface area (Å²) >= 11 is 1.50. The van der Waals surface area contributed by atoms with Gasteiger partial charge in [-0.3, -0.25) is 9.59 Å². The van der Waals surface area contributed by atoms with Crippen LogP contribution in [0, 0.1) is 12.8 Å². The number of nitrogens with one attached hydrogen (secondary N) is 1. The maximum atomic E-state index is 12.1. The molecule has 1 N–H and O–H groups in total. The SMILES string of the molecule is Cc1nc(CC(=O)OC(C)C(=O)NC2CCCCC2C)cs1. The van der Waals surface area contributed by atoms with Crippen LogP contribution in [0.15, 0.2) is 5.38 Å². The second kappa shape index (κ2) is 7.72. The molecule has 122 valence electrons. The summed E-state index contributed by atoms with van der Waals surface area (Å²) < 4.78 is 5.22. The van der Waals surface area contributed by atoms with Crippen LogP contribution in [-0.4, -0.2) is 29.0 Å². The standard InChI is InChI=1S/C16H24N2O3S/c1-10-6-4-5-7-14(10)18-16(20)11(2)21-15(19)8-13-9-22-12(3)17-13/h9-11,14H,4-8H2,1-3H3,(H,18,20). The van der Waals surface area contributed by atoms with E-state index in [2.05, 4.69) is 17.2 Å². The van der Waals surface area contributed by atoms with E-state index < -0.39 is 12.1 Å². The fourth-order valence-corrected chi connectivity index (χ4v) is 3.37. The number of carbonyl (C=O) groups is 2. The minimum absolute atomic E-state index is 0.113. The number of carbonyl (C=O) groups excluding carboxylic acids is 2. The molecule has 0 aromatic carbocycles. The lowest BCUT2D eigenvalue weighted by atomic mass is 9.86. The summed E-state index contributed by atoms with van der Waals surface area (Å²) in [6, 6.07) is 0.198. The van der Waals surface area contributed by atoms with E-state index in [1.807, 2.05) is 12.3 Å². The largest absolute Gasteiger partial charge is 0.452 e. The summed E-state index contributed by atoms with van der Waals surface area (Å²) in [6.45, 7) is 5.67. The Hall–Kier alpha value is -1.43. The van der Waals surface area contributed by atoms with E-state index in [0.717, 1.165) is 24.3 Å². The molecule has 0 saturated heterocycles.